The summed E-state index contributed by atoms with van der Waals surface area (Å²) in [6, 6.07) is 17.7. The molecule has 3 heterocycles. The SMILES string of the molecule is COC(=O)c1cccc(CN2C[C@@H]3C[C@@H](O)CN3C3(C2)CN(C2Cc4ccccc4C2)C3)c1. The molecule has 0 aromatic heterocycles. The number of likely N-dealkylation sites (tertiary alicyclic amines) is 1. The van der Waals surface area contributed by atoms with Crippen LogP contribution in [0.1, 0.15) is 33.5 Å². The molecule has 33 heavy (non-hydrogen) atoms. The van der Waals surface area contributed by atoms with Crippen molar-refractivity contribution in [2.24, 2.45) is 0 Å². The van der Waals surface area contributed by atoms with Gasteiger partial charge in [0, 0.05) is 51.4 Å². The molecule has 6 heteroatoms. The van der Waals surface area contributed by atoms with Crippen molar-refractivity contribution in [1.82, 2.24) is 14.7 Å². The predicted molar refractivity (Wildman–Crippen MR) is 126 cm³/mol. The van der Waals surface area contributed by atoms with Crippen LogP contribution in [-0.2, 0) is 24.1 Å². The largest absolute Gasteiger partial charge is 0.465 e. The van der Waals surface area contributed by atoms with Crippen molar-refractivity contribution in [2.45, 2.75) is 49.5 Å². The van der Waals surface area contributed by atoms with Gasteiger partial charge in [-0.15, -0.1) is 0 Å². The van der Waals surface area contributed by atoms with E-state index in [0.29, 0.717) is 17.6 Å². The molecule has 2 aromatic carbocycles. The van der Waals surface area contributed by atoms with Crippen LogP contribution in [0.3, 0.4) is 0 Å². The van der Waals surface area contributed by atoms with Crippen molar-refractivity contribution in [3.63, 3.8) is 0 Å². The van der Waals surface area contributed by atoms with Gasteiger partial charge in [-0.3, -0.25) is 14.7 Å². The minimum absolute atomic E-state index is 0.120. The molecule has 3 aliphatic heterocycles. The third-order valence-electron chi connectivity index (χ3n) is 8.28. The summed E-state index contributed by atoms with van der Waals surface area (Å²) >= 11 is 0. The van der Waals surface area contributed by atoms with E-state index in [2.05, 4.69) is 45.0 Å². The molecule has 1 spiro atoms. The van der Waals surface area contributed by atoms with Gasteiger partial charge in [0.05, 0.1) is 24.3 Å². The van der Waals surface area contributed by atoms with Gasteiger partial charge < -0.3 is 9.84 Å². The maximum atomic E-state index is 12.0. The summed E-state index contributed by atoms with van der Waals surface area (Å²) in [7, 11) is 1.43. The number of piperazine rings is 1. The summed E-state index contributed by atoms with van der Waals surface area (Å²) in [5.41, 5.74) is 4.88. The van der Waals surface area contributed by atoms with E-state index in [-0.39, 0.29) is 17.6 Å². The number of esters is 1. The van der Waals surface area contributed by atoms with Crippen molar-refractivity contribution >= 4 is 5.97 Å². The highest BCUT2D eigenvalue weighted by Crippen LogP contribution is 2.41. The highest BCUT2D eigenvalue weighted by molar-refractivity contribution is 5.89. The van der Waals surface area contributed by atoms with Gasteiger partial charge in [0.15, 0.2) is 0 Å². The Morgan fingerprint density at radius 1 is 1.03 bits per heavy atom. The molecule has 0 unspecified atom stereocenters. The first-order valence-electron chi connectivity index (χ1n) is 12.2. The number of hydrogen-bond donors (Lipinski definition) is 1. The zero-order valence-electron chi connectivity index (χ0n) is 19.3. The molecule has 0 amide bonds. The number of rotatable bonds is 4. The molecule has 1 aliphatic carbocycles. The van der Waals surface area contributed by atoms with E-state index in [1.165, 1.54) is 18.2 Å². The first-order valence-corrected chi connectivity index (χ1v) is 12.2. The summed E-state index contributed by atoms with van der Waals surface area (Å²) in [5, 5.41) is 10.5. The fraction of sp³-hybridized carbons (Fsp3) is 0.519. The normalized spacial score (nSPS) is 27.3. The van der Waals surface area contributed by atoms with Crippen LogP contribution in [0.15, 0.2) is 48.5 Å². The zero-order valence-corrected chi connectivity index (χ0v) is 19.3. The van der Waals surface area contributed by atoms with Gasteiger partial charge in [0.1, 0.15) is 0 Å². The molecule has 6 rings (SSSR count). The number of benzene rings is 2. The van der Waals surface area contributed by atoms with Crippen LogP contribution in [0.25, 0.3) is 0 Å². The van der Waals surface area contributed by atoms with Crippen LogP contribution in [0, 0.1) is 0 Å². The third-order valence-corrected chi connectivity index (χ3v) is 8.28. The van der Waals surface area contributed by atoms with Gasteiger partial charge >= 0.3 is 5.97 Å². The Bertz CT molecular complexity index is 1030. The lowest BCUT2D eigenvalue weighted by Crippen LogP contribution is -2.79. The minimum atomic E-state index is -0.288. The molecule has 174 valence electrons. The Labute approximate surface area is 195 Å². The van der Waals surface area contributed by atoms with Gasteiger partial charge in [-0.05, 0) is 48.1 Å². The first-order chi connectivity index (χ1) is 16.0. The molecule has 0 saturated carbocycles. The fourth-order valence-electron chi connectivity index (χ4n) is 6.85. The molecule has 6 nitrogen and oxygen atoms in total. The summed E-state index contributed by atoms with van der Waals surface area (Å²) in [6.07, 6.45) is 2.94. The van der Waals surface area contributed by atoms with Crippen molar-refractivity contribution in [1.29, 1.82) is 0 Å². The average molecular weight is 448 g/mol. The van der Waals surface area contributed by atoms with Gasteiger partial charge in [-0.1, -0.05) is 36.4 Å². The fourth-order valence-corrected chi connectivity index (χ4v) is 6.85. The lowest BCUT2D eigenvalue weighted by molar-refractivity contribution is -0.127. The molecule has 2 atom stereocenters. The number of methoxy groups -OCH3 is 1. The number of aliphatic hydroxyl groups is 1. The van der Waals surface area contributed by atoms with Crippen molar-refractivity contribution in [2.75, 3.05) is 39.8 Å². The Hall–Kier alpha value is -2.25. The number of carbonyl (C=O) groups is 1. The van der Waals surface area contributed by atoms with Crippen molar-refractivity contribution in [3.05, 3.63) is 70.8 Å². The maximum absolute atomic E-state index is 12.0. The van der Waals surface area contributed by atoms with E-state index >= 15 is 0 Å². The van der Waals surface area contributed by atoms with Crippen LogP contribution < -0.4 is 0 Å². The van der Waals surface area contributed by atoms with Crippen LogP contribution in [0.5, 0.6) is 0 Å². The molecule has 3 saturated heterocycles. The Balaban J connectivity index is 1.17. The average Bonchev–Trinajstić information content (AvgIpc) is 3.39. The van der Waals surface area contributed by atoms with Gasteiger partial charge in [-0.2, -0.15) is 0 Å². The van der Waals surface area contributed by atoms with E-state index in [4.69, 9.17) is 4.74 Å². The number of aliphatic hydroxyl groups excluding tert-OH is 1. The van der Waals surface area contributed by atoms with Gasteiger partial charge in [-0.25, -0.2) is 4.79 Å². The van der Waals surface area contributed by atoms with Gasteiger partial charge in [0.2, 0.25) is 0 Å². The second-order valence-corrected chi connectivity index (χ2v) is 10.5. The van der Waals surface area contributed by atoms with E-state index in [1.54, 1.807) is 0 Å². The Morgan fingerprint density at radius 2 is 1.79 bits per heavy atom. The summed E-state index contributed by atoms with van der Waals surface area (Å²) in [6.45, 7) is 5.75. The van der Waals surface area contributed by atoms with Crippen molar-refractivity contribution in [3.8, 4) is 0 Å². The first kappa shape index (κ1) is 21.3. The monoisotopic (exact) mass is 447 g/mol. The van der Waals surface area contributed by atoms with Crippen LogP contribution >= 0.6 is 0 Å². The molecule has 1 N–H and O–H groups in total. The second kappa shape index (κ2) is 8.20. The zero-order chi connectivity index (χ0) is 22.6. The number of hydrogen-bond acceptors (Lipinski definition) is 6. The predicted octanol–water partition coefficient (Wildman–Crippen LogP) is 1.95. The van der Waals surface area contributed by atoms with Crippen LogP contribution in [0.4, 0.5) is 0 Å². The smallest absolute Gasteiger partial charge is 0.337 e. The molecule has 3 fully saturated rings. The highest BCUT2D eigenvalue weighted by atomic mass is 16.5. The van der Waals surface area contributed by atoms with Crippen LogP contribution in [-0.4, -0.2) is 89.3 Å². The third kappa shape index (κ3) is 3.79. The number of fused-ring (bicyclic) bond motifs is 3. The lowest BCUT2D eigenvalue weighted by atomic mass is 9.82. The number of ether oxygens (including phenoxy) is 1. The topological polar surface area (TPSA) is 56.2 Å². The Morgan fingerprint density at radius 3 is 2.52 bits per heavy atom. The molecular formula is C27H33N3O3. The van der Waals surface area contributed by atoms with Crippen LogP contribution in [0.2, 0.25) is 0 Å². The van der Waals surface area contributed by atoms with E-state index in [9.17, 15) is 9.90 Å². The standard InChI is InChI=1S/C27H33N3O3/c1-33-26(32)22-8-4-5-19(9-22)13-28-14-24-12-25(31)15-30(24)27(16-28)17-29(18-27)23-10-20-6-2-3-7-21(20)11-23/h2-9,23-25,31H,10-18H2,1H3/t24-,25+/m0/s1. The second-order valence-electron chi connectivity index (χ2n) is 10.5. The number of β-amino-alcohol motifs (C(OH)–C–C–N with tert-alkyl or cyclic N) is 1. The molecule has 4 aliphatic rings. The lowest BCUT2D eigenvalue weighted by Gasteiger charge is -2.62. The molecule has 0 radical (unpaired) electrons. The Kier molecular flexibility index (Phi) is 5.29. The molecular weight excluding hydrogens is 414 g/mol. The van der Waals surface area contributed by atoms with E-state index in [1.807, 2.05) is 18.2 Å². The quantitative estimate of drug-likeness (QED) is 0.723. The number of carbonyl (C=O) groups excluding carboxylic acids is 1. The maximum Gasteiger partial charge on any atom is 0.337 e. The van der Waals surface area contributed by atoms with E-state index in [0.717, 1.165) is 64.1 Å². The summed E-state index contributed by atoms with van der Waals surface area (Å²) in [4.78, 5) is 19.8. The summed E-state index contributed by atoms with van der Waals surface area (Å²) < 4.78 is 4.90. The van der Waals surface area contributed by atoms with E-state index < -0.39 is 0 Å². The van der Waals surface area contributed by atoms with Crippen molar-refractivity contribution < 1.29 is 14.6 Å². The van der Waals surface area contributed by atoms with Gasteiger partial charge in [0.25, 0.3) is 0 Å². The minimum Gasteiger partial charge on any atom is -0.465 e. The number of nitrogens with zero attached hydrogens (tertiary/aromatic N) is 3. The molecule has 0 bridgehead atoms. The highest BCUT2D eigenvalue weighted by Gasteiger charge is 2.57. The molecule has 2 aromatic rings. The summed E-state index contributed by atoms with van der Waals surface area (Å²) in [5.74, 6) is -0.288.